The van der Waals surface area contributed by atoms with Gasteiger partial charge in [0.2, 0.25) is 0 Å². The second-order valence-electron chi connectivity index (χ2n) is 4.69. The molecule has 1 heterocycles. The van der Waals surface area contributed by atoms with Crippen LogP contribution in [0.1, 0.15) is 35.2 Å². The zero-order chi connectivity index (χ0) is 12.5. The van der Waals surface area contributed by atoms with Gasteiger partial charge in [0.1, 0.15) is 0 Å². The first-order valence-corrected chi connectivity index (χ1v) is 6.14. The highest BCUT2D eigenvalue weighted by Crippen LogP contribution is 2.39. The minimum absolute atomic E-state index is 0.0917. The fourth-order valence-corrected chi connectivity index (χ4v) is 2.19. The highest BCUT2D eigenvalue weighted by Gasteiger charge is 2.24. The van der Waals surface area contributed by atoms with Crippen LogP contribution in [0.3, 0.4) is 0 Å². The quantitative estimate of drug-likeness (QED) is 0.761. The molecule has 0 bridgehead atoms. The molecular formula is C16H14NO. The van der Waals surface area contributed by atoms with E-state index in [9.17, 15) is 4.79 Å². The topological polar surface area (TPSA) is 30.0 Å². The summed E-state index contributed by atoms with van der Waals surface area (Å²) < 4.78 is 0. The van der Waals surface area contributed by atoms with Gasteiger partial charge in [-0.05, 0) is 42.9 Å². The van der Waals surface area contributed by atoms with Gasteiger partial charge in [-0.15, -0.1) is 0 Å². The van der Waals surface area contributed by atoms with Crippen LogP contribution in [0.15, 0.2) is 42.7 Å². The number of hydrogen-bond donors (Lipinski definition) is 0. The van der Waals surface area contributed by atoms with Crippen molar-refractivity contribution in [1.82, 2.24) is 4.98 Å². The van der Waals surface area contributed by atoms with E-state index in [4.69, 9.17) is 0 Å². The maximum Gasteiger partial charge on any atom is 0.160 e. The van der Waals surface area contributed by atoms with Crippen molar-refractivity contribution in [3.8, 4) is 11.1 Å². The van der Waals surface area contributed by atoms with E-state index in [0.717, 1.165) is 23.1 Å². The van der Waals surface area contributed by atoms with Crippen molar-refractivity contribution in [2.24, 2.45) is 0 Å². The van der Waals surface area contributed by atoms with Crippen LogP contribution in [-0.2, 0) is 0 Å². The Labute approximate surface area is 107 Å². The zero-order valence-corrected chi connectivity index (χ0v) is 10.3. The van der Waals surface area contributed by atoms with E-state index >= 15 is 0 Å². The molecule has 2 heteroatoms. The van der Waals surface area contributed by atoms with Crippen molar-refractivity contribution in [3.05, 3.63) is 60.3 Å². The van der Waals surface area contributed by atoms with Crippen LogP contribution in [0.25, 0.3) is 11.1 Å². The van der Waals surface area contributed by atoms with Crippen molar-refractivity contribution in [2.45, 2.75) is 19.3 Å². The Hall–Kier alpha value is -1.96. The number of carbonyl (C=O) groups is 1. The third kappa shape index (κ3) is 2.06. The summed E-state index contributed by atoms with van der Waals surface area (Å²) in [7, 11) is 0. The van der Waals surface area contributed by atoms with E-state index < -0.39 is 0 Å². The first-order valence-electron chi connectivity index (χ1n) is 6.14. The van der Waals surface area contributed by atoms with Gasteiger partial charge in [0, 0.05) is 23.5 Å². The number of nitrogens with zero attached hydrogens (tertiary/aromatic N) is 1. The van der Waals surface area contributed by atoms with E-state index in [0.29, 0.717) is 5.92 Å². The Balaban J connectivity index is 2.08. The Kier molecular flexibility index (Phi) is 2.71. The second-order valence-corrected chi connectivity index (χ2v) is 4.69. The highest BCUT2D eigenvalue weighted by atomic mass is 16.1. The molecule has 3 rings (SSSR count). The first kappa shape index (κ1) is 11.1. The van der Waals surface area contributed by atoms with E-state index in [-0.39, 0.29) is 5.78 Å². The van der Waals surface area contributed by atoms with Crippen molar-refractivity contribution in [2.75, 3.05) is 0 Å². The maximum absolute atomic E-state index is 11.6. The number of carbonyl (C=O) groups excluding carboxylic acids is 1. The number of pyridine rings is 1. The third-order valence-electron chi connectivity index (χ3n) is 3.28. The van der Waals surface area contributed by atoms with Crippen LogP contribution >= 0.6 is 0 Å². The number of Topliss-reactive ketones (excluding diaryl/α,β-unsaturated/α-hetero) is 1. The normalized spacial score (nSPS) is 14.5. The second kappa shape index (κ2) is 4.37. The molecule has 1 aromatic carbocycles. The lowest BCUT2D eigenvalue weighted by Crippen LogP contribution is -1.96. The molecule has 1 radical (unpaired) electrons. The average molecular weight is 236 g/mol. The predicted molar refractivity (Wildman–Crippen MR) is 71.3 cm³/mol. The number of ketones is 1. The molecule has 1 aromatic heterocycles. The standard InChI is InChI=1S/C16H14NO/c1-11(18)15-4-2-3-5-16(15)14-8-13(9-17-10-14)12-6-7-12/h2-6,8-10,12H,7H2,1H3. The van der Waals surface area contributed by atoms with Gasteiger partial charge in [-0.2, -0.15) is 0 Å². The summed E-state index contributed by atoms with van der Waals surface area (Å²) in [5, 5.41) is 0. The Morgan fingerprint density at radius 1 is 1.28 bits per heavy atom. The molecule has 0 N–H and O–H groups in total. The number of hydrogen-bond acceptors (Lipinski definition) is 2. The molecule has 1 unspecified atom stereocenters. The first-order chi connectivity index (χ1) is 8.75. The molecule has 2 aromatic rings. The van der Waals surface area contributed by atoms with Gasteiger partial charge in [-0.1, -0.05) is 24.3 Å². The van der Waals surface area contributed by atoms with E-state index in [1.807, 2.05) is 36.7 Å². The molecule has 1 fully saturated rings. The lowest BCUT2D eigenvalue weighted by Gasteiger charge is -2.08. The number of rotatable bonds is 3. The smallest absolute Gasteiger partial charge is 0.160 e. The molecule has 0 aliphatic heterocycles. The Bertz CT molecular complexity index is 600. The molecule has 1 atom stereocenters. The Morgan fingerprint density at radius 2 is 2.06 bits per heavy atom. The molecule has 1 aliphatic carbocycles. The fraction of sp³-hybridized carbons (Fsp3) is 0.188. The van der Waals surface area contributed by atoms with Gasteiger partial charge >= 0.3 is 0 Å². The Morgan fingerprint density at radius 3 is 2.78 bits per heavy atom. The van der Waals surface area contributed by atoms with E-state index in [1.165, 1.54) is 5.56 Å². The summed E-state index contributed by atoms with van der Waals surface area (Å²) in [6.45, 7) is 1.60. The highest BCUT2D eigenvalue weighted by molar-refractivity contribution is 6.00. The predicted octanol–water partition coefficient (Wildman–Crippen LogP) is 3.64. The van der Waals surface area contributed by atoms with E-state index in [2.05, 4.69) is 17.5 Å². The number of benzene rings is 1. The largest absolute Gasteiger partial charge is 0.294 e. The van der Waals surface area contributed by atoms with Gasteiger partial charge < -0.3 is 0 Å². The SMILES string of the molecule is CC(=O)c1ccccc1-c1cncc(C2[CH]C2)c1. The van der Waals surface area contributed by atoms with Gasteiger partial charge in [0.15, 0.2) is 5.78 Å². The lowest BCUT2D eigenvalue weighted by molar-refractivity contribution is 0.101. The molecule has 0 amide bonds. The van der Waals surface area contributed by atoms with Crippen LogP contribution in [0.2, 0.25) is 0 Å². The maximum atomic E-state index is 11.6. The van der Waals surface area contributed by atoms with Crippen LogP contribution in [-0.4, -0.2) is 10.8 Å². The van der Waals surface area contributed by atoms with Crippen LogP contribution in [0.5, 0.6) is 0 Å². The van der Waals surface area contributed by atoms with Gasteiger partial charge in [0.05, 0.1) is 0 Å². The summed E-state index contributed by atoms with van der Waals surface area (Å²) in [6, 6.07) is 9.84. The molecule has 89 valence electrons. The minimum atomic E-state index is 0.0917. The van der Waals surface area contributed by atoms with Crippen molar-refractivity contribution >= 4 is 5.78 Å². The van der Waals surface area contributed by atoms with Crippen molar-refractivity contribution < 1.29 is 4.79 Å². The van der Waals surface area contributed by atoms with Crippen LogP contribution < -0.4 is 0 Å². The van der Waals surface area contributed by atoms with Crippen LogP contribution in [0, 0.1) is 6.42 Å². The van der Waals surface area contributed by atoms with Gasteiger partial charge in [0.25, 0.3) is 0 Å². The van der Waals surface area contributed by atoms with Crippen molar-refractivity contribution in [3.63, 3.8) is 0 Å². The average Bonchev–Trinajstić information content (AvgIpc) is 3.23. The fourth-order valence-electron chi connectivity index (χ4n) is 2.19. The summed E-state index contributed by atoms with van der Waals surface area (Å²) in [5.41, 5.74) is 4.00. The minimum Gasteiger partial charge on any atom is -0.294 e. The monoisotopic (exact) mass is 236 g/mol. The molecule has 1 saturated carbocycles. The van der Waals surface area contributed by atoms with Crippen molar-refractivity contribution in [1.29, 1.82) is 0 Å². The summed E-state index contributed by atoms with van der Waals surface area (Å²) in [6.07, 6.45) is 7.14. The summed E-state index contributed by atoms with van der Waals surface area (Å²) >= 11 is 0. The number of aromatic nitrogens is 1. The molecule has 2 nitrogen and oxygen atoms in total. The summed E-state index contributed by atoms with van der Waals surface area (Å²) in [4.78, 5) is 15.9. The van der Waals surface area contributed by atoms with Gasteiger partial charge in [-0.25, -0.2) is 0 Å². The van der Waals surface area contributed by atoms with Gasteiger partial charge in [-0.3, -0.25) is 9.78 Å². The molecule has 0 saturated heterocycles. The lowest BCUT2D eigenvalue weighted by atomic mass is 9.97. The molecule has 1 aliphatic rings. The summed E-state index contributed by atoms with van der Waals surface area (Å²) in [5.74, 6) is 0.649. The molecular weight excluding hydrogens is 222 g/mol. The van der Waals surface area contributed by atoms with E-state index in [1.54, 1.807) is 6.92 Å². The zero-order valence-electron chi connectivity index (χ0n) is 10.3. The third-order valence-corrected chi connectivity index (χ3v) is 3.28. The van der Waals surface area contributed by atoms with Crippen LogP contribution in [0.4, 0.5) is 0 Å². The molecule has 18 heavy (non-hydrogen) atoms. The molecule has 0 spiro atoms.